The predicted octanol–water partition coefficient (Wildman–Crippen LogP) is 2.74. The van der Waals surface area contributed by atoms with E-state index in [9.17, 15) is 0 Å². The lowest BCUT2D eigenvalue weighted by Crippen LogP contribution is -2.48. The number of likely N-dealkylation sites (N-methyl/N-ethyl adjacent to an activating group) is 2. The van der Waals surface area contributed by atoms with Crippen LogP contribution in [0, 0.1) is 6.92 Å². The first kappa shape index (κ1) is 14.0. The number of aryl methyl sites for hydroxylation is 1. The van der Waals surface area contributed by atoms with E-state index in [1.165, 1.54) is 5.56 Å². The summed E-state index contributed by atoms with van der Waals surface area (Å²) in [5.74, 6) is 0.710. The van der Waals surface area contributed by atoms with Crippen molar-refractivity contribution in [2.75, 3.05) is 21.1 Å². The SMILES string of the molecule is CNC(C)(C)C(c1ccc2nc(C)oc2c1)N(C)C. The molecule has 0 saturated carbocycles. The number of fused-ring (bicyclic) bond motifs is 1. The summed E-state index contributed by atoms with van der Waals surface area (Å²) in [4.78, 5) is 6.57. The van der Waals surface area contributed by atoms with Crippen LogP contribution in [0.3, 0.4) is 0 Å². The third-order valence-corrected chi connectivity index (χ3v) is 3.68. The van der Waals surface area contributed by atoms with Gasteiger partial charge in [-0.05, 0) is 52.7 Å². The van der Waals surface area contributed by atoms with Crippen LogP contribution < -0.4 is 5.32 Å². The van der Waals surface area contributed by atoms with Crippen LogP contribution in [0.15, 0.2) is 22.6 Å². The Bertz CT molecular complexity index is 572. The molecule has 0 fully saturated rings. The molecule has 4 nitrogen and oxygen atoms in total. The van der Waals surface area contributed by atoms with Crippen molar-refractivity contribution in [3.05, 3.63) is 29.7 Å². The van der Waals surface area contributed by atoms with Crippen LogP contribution in [0.1, 0.15) is 31.3 Å². The Balaban J connectivity index is 2.50. The maximum Gasteiger partial charge on any atom is 0.192 e. The van der Waals surface area contributed by atoms with Crippen molar-refractivity contribution in [1.82, 2.24) is 15.2 Å². The molecule has 104 valence electrons. The van der Waals surface area contributed by atoms with Gasteiger partial charge in [0.15, 0.2) is 11.5 Å². The van der Waals surface area contributed by atoms with Crippen LogP contribution >= 0.6 is 0 Å². The quantitative estimate of drug-likeness (QED) is 0.919. The lowest BCUT2D eigenvalue weighted by molar-refractivity contribution is 0.177. The summed E-state index contributed by atoms with van der Waals surface area (Å²) in [5, 5.41) is 3.39. The first-order valence-electron chi connectivity index (χ1n) is 6.57. The first-order valence-corrected chi connectivity index (χ1v) is 6.57. The van der Waals surface area contributed by atoms with Crippen LogP contribution in [0.25, 0.3) is 11.1 Å². The molecule has 4 heteroatoms. The summed E-state index contributed by atoms with van der Waals surface area (Å²) >= 11 is 0. The molecule has 0 aliphatic heterocycles. The minimum Gasteiger partial charge on any atom is -0.441 e. The zero-order valence-corrected chi connectivity index (χ0v) is 12.6. The van der Waals surface area contributed by atoms with Crippen LogP contribution in [0.4, 0.5) is 0 Å². The van der Waals surface area contributed by atoms with Crippen molar-refractivity contribution < 1.29 is 4.42 Å². The lowest BCUT2D eigenvalue weighted by Gasteiger charge is -2.39. The van der Waals surface area contributed by atoms with Gasteiger partial charge in [-0.15, -0.1) is 0 Å². The molecule has 1 aromatic carbocycles. The van der Waals surface area contributed by atoms with Gasteiger partial charge in [0.1, 0.15) is 5.52 Å². The van der Waals surface area contributed by atoms with Crippen LogP contribution in [-0.2, 0) is 0 Å². The second-order valence-electron chi connectivity index (χ2n) is 5.80. The molecule has 0 aliphatic carbocycles. The third-order valence-electron chi connectivity index (χ3n) is 3.68. The highest BCUT2D eigenvalue weighted by Crippen LogP contribution is 2.31. The normalized spacial score (nSPS) is 14.3. The Kier molecular flexibility index (Phi) is 3.65. The molecule has 0 aliphatic rings. The molecule has 2 rings (SSSR count). The van der Waals surface area contributed by atoms with Crippen molar-refractivity contribution in [3.63, 3.8) is 0 Å². The lowest BCUT2D eigenvalue weighted by atomic mass is 9.87. The van der Waals surface area contributed by atoms with E-state index in [1.807, 2.05) is 20.0 Å². The van der Waals surface area contributed by atoms with Crippen LogP contribution in [0.2, 0.25) is 0 Å². The number of nitrogens with zero attached hydrogens (tertiary/aromatic N) is 2. The molecular weight excluding hydrogens is 238 g/mol. The maximum atomic E-state index is 5.63. The number of aromatic nitrogens is 1. The fourth-order valence-corrected chi connectivity index (χ4v) is 2.72. The van der Waals surface area contributed by atoms with Crippen molar-refractivity contribution >= 4 is 11.1 Å². The number of oxazole rings is 1. The Morgan fingerprint density at radius 3 is 2.58 bits per heavy atom. The molecule has 19 heavy (non-hydrogen) atoms. The van der Waals surface area contributed by atoms with Gasteiger partial charge in [-0.3, -0.25) is 0 Å². The van der Waals surface area contributed by atoms with Crippen LogP contribution in [0.5, 0.6) is 0 Å². The Hall–Kier alpha value is -1.39. The third kappa shape index (κ3) is 2.65. The molecule has 1 atom stereocenters. The molecule has 2 aromatic rings. The highest BCUT2D eigenvalue weighted by atomic mass is 16.3. The number of nitrogens with one attached hydrogen (secondary N) is 1. The Morgan fingerprint density at radius 1 is 1.32 bits per heavy atom. The van der Waals surface area contributed by atoms with Crippen molar-refractivity contribution in [1.29, 1.82) is 0 Å². The summed E-state index contributed by atoms with van der Waals surface area (Å²) in [6.45, 7) is 6.28. The van der Waals surface area contributed by atoms with E-state index in [4.69, 9.17) is 4.42 Å². The van der Waals surface area contributed by atoms with Crippen LogP contribution in [-0.4, -0.2) is 36.6 Å². The molecule has 0 spiro atoms. The molecule has 1 N–H and O–H groups in total. The number of benzene rings is 1. The highest BCUT2D eigenvalue weighted by molar-refractivity contribution is 5.73. The average Bonchev–Trinajstić information content (AvgIpc) is 2.67. The highest BCUT2D eigenvalue weighted by Gasteiger charge is 2.31. The Labute approximate surface area is 114 Å². The molecule has 0 bridgehead atoms. The summed E-state index contributed by atoms with van der Waals surface area (Å²) in [7, 11) is 6.19. The van der Waals surface area contributed by atoms with Gasteiger partial charge in [0, 0.05) is 12.5 Å². The van der Waals surface area contributed by atoms with Gasteiger partial charge in [-0.1, -0.05) is 6.07 Å². The standard InChI is InChI=1S/C15H23N3O/c1-10-17-12-8-7-11(9-13(12)19-10)14(18(5)6)15(2,3)16-4/h7-9,14,16H,1-6H3. The number of rotatable bonds is 4. The molecule has 1 heterocycles. The monoisotopic (exact) mass is 261 g/mol. The van der Waals surface area contributed by atoms with E-state index < -0.39 is 0 Å². The van der Waals surface area contributed by atoms with Crippen molar-refractivity contribution in [3.8, 4) is 0 Å². The topological polar surface area (TPSA) is 41.3 Å². The molecule has 0 amide bonds. The summed E-state index contributed by atoms with van der Waals surface area (Å²) in [6.07, 6.45) is 0. The second-order valence-corrected chi connectivity index (χ2v) is 5.80. The van der Waals surface area contributed by atoms with Crippen molar-refractivity contribution in [2.45, 2.75) is 32.4 Å². The molecule has 1 unspecified atom stereocenters. The van der Waals surface area contributed by atoms with Gasteiger partial charge in [-0.25, -0.2) is 4.98 Å². The van der Waals surface area contributed by atoms with Gasteiger partial charge < -0.3 is 14.6 Å². The van der Waals surface area contributed by atoms with E-state index in [0.717, 1.165) is 11.1 Å². The van der Waals surface area contributed by atoms with E-state index in [0.29, 0.717) is 5.89 Å². The van der Waals surface area contributed by atoms with Gasteiger partial charge in [0.25, 0.3) is 0 Å². The smallest absolute Gasteiger partial charge is 0.192 e. The number of hydrogen-bond donors (Lipinski definition) is 1. The summed E-state index contributed by atoms with van der Waals surface area (Å²) < 4.78 is 5.63. The molecule has 0 saturated heterocycles. The van der Waals surface area contributed by atoms with E-state index in [2.05, 4.69) is 55.3 Å². The zero-order valence-electron chi connectivity index (χ0n) is 12.6. The fraction of sp³-hybridized carbons (Fsp3) is 0.533. The first-order chi connectivity index (χ1) is 8.85. The largest absolute Gasteiger partial charge is 0.441 e. The van der Waals surface area contributed by atoms with E-state index in [-0.39, 0.29) is 11.6 Å². The number of hydrogen-bond acceptors (Lipinski definition) is 4. The summed E-state index contributed by atoms with van der Waals surface area (Å²) in [5.41, 5.74) is 2.97. The predicted molar refractivity (Wildman–Crippen MR) is 78.3 cm³/mol. The van der Waals surface area contributed by atoms with E-state index >= 15 is 0 Å². The van der Waals surface area contributed by atoms with Gasteiger partial charge >= 0.3 is 0 Å². The maximum absolute atomic E-state index is 5.63. The second kappa shape index (κ2) is 4.94. The van der Waals surface area contributed by atoms with Gasteiger partial charge in [0.2, 0.25) is 0 Å². The fourth-order valence-electron chi connectivity index (χ4n) is 2.72. The minimum atomic E-state index is -0.0355. The molecule has 1 aromatic heterocycles. The average molecular weight is 261 g/mol. The zero-order chi connectivity index (χ0) is 14.2. The van der Waals surface area contributed by atoms with E-state index in [1.54, 1.807) is 0 Å². The molecule has 0 radical (unpaired) electrons. The Morgan fingerprint density at radius 2 is 2.00 bits per heavy atom. The summed E-state index contributed by atoms with van der Waals surface area (Å²) in [6, 6.07) is 6.52. The van der Waals surface area contributed by atoms with Gasteiger partial charge in [-0.2, -0.15) is 0 Å². The van der Waals surface area contributed by atoms with Crippen molar-refractivity contribution in [2.24, 2.45) is 0 Å². The minimum absolute atomic E-state index is 0.0355. The van der Waals surface area contributed by atoms with Gasteiger partial charge in [0.05, 0.1) is 6.04 Å². The molecular formula is C15H23N3O.